The predicted octanol–water partition coefficient (Wildman–Crippen LogP) is 3.32. The molecule has 2 heteroatoms. The summed E-state index contributed by atoms with van der Waals surface area (Å²) in [6, 6.07) is 8.04. The lowest BCUT2D eigenvalue weighted by Crippen LogP contribution is -1.98. The van der Waals surface area contributed by atoms with Gasteiger partial charge in [-0.2, -0.15) is 0 Å². The van der Waals surface area contributed by atoms with Crippen LogP contribution < -0.4 is 5.73 Å². The van der Waals surface area contributed by atoms with Gasteiger partial charge in [-0.05, 0) is 49.0 Å². The first-order valence-corrected chi connectivity index (χ1v) is 5.82. The van der Waals surface area contributed by atoms with Crippen molar-refractivity contribution in [3.05, 3.63) is 35.9 Å². The van der Waals surface area contributed by atoms with E-state index in [0.29, 0.717) is 5.92 Å². The largest absolute Gasteiger partial charge is 0.399 e. The number of hydrogen-bond acceptors (Lipinski definition) is 2. The lowest BCUT2D eigenvalue weighted by molar-refractivity contribution is 0.560. The van der Waals surface area contributed by atoms with Crippen molar-refractivity contribution >= 4 is 11.6 Å². The quantitative estimate of drug-likeness (QED) is 0.586. The van der Waals surface area contributed by atoms with E-state index in [1.807, 2.05) is 18.1 Å². The average Bonchev–Trinajstić information content (AvgIpc) is 2.29. The molecule has 0 fully saturated rings. The number of nitrogen functional groups attached to an aromatic ring is 1. The number of nitrogens with two attached hydrogens (primary N) is 1. The summed E-state index contributed by atoms with van der Waals surface area (Å²) >= 11 is 0. The summed E-state index contributed by atoms with van der Waals surface area (Å²) in [6.45, 7) is 2.18. The molecule has 0 radical (unpaired) electrons. The third-order valence-corrected chi connectivity index (χ3v) is 2.79. The fraction of sp³-hybridized carbons (Fsp3) is 0.429. The molecule has 0 spiro atoms. The fourth-order valence-corrected chi connectivity index (χ4v) is 1.94. The molecule has 2 nitrogen and oxygen atoms in total. The monoisotopic (exact) mass is 217 g/mol. The topological polar surface area (TPSA) is 43.1 Å². The van der Waals surface area contributed by atoms with E-state index in [9.17, 15) is 4.79 Å². The Morgan fingerprint density at radius 1 is 1.31 bits per heavy atom. The lowest BCUT2D eigenvalue weighted by Gasteiger charge is -2.15. The van der Waals surface area contributed by atoms with Gasteiger partial charge >= 0.3 is 0 Å². The number of hydrogen-bond donors (Lipinski definition) is 1. The van der Waals surface area contributed by atoms with Crippen LogP contribution in [0, 0.1) is 0 Å². The van der Waals surface area contributed by atoms with Crippen molar-refractivity contribution < 1.29 is 4.79 Å². The summed E-state index contributed by atoms with van der Waals surface area (Å²) in [4.78, 5) is 10.1. The van der Waals surface area contributed by atoms with E-state index < -0.39 is 0 Å². The molecule has 0 aliphatic heterocycles. The second-order valence-corrected chi connectivity index (χ2v) is 4.05. The predicted molar refractivity (Wildman–Crippen MR) is 68.0 cm³/mol. The van der Waals surface area contributed by atoms with Gasteiger partial charge in [-0.25, -0.2) is 4.79 Å². The van der Waals surface area contributed by atoms with Crippen LogP contribution >= 0.6 is 0 Å². The molecular weight excluding hydrogens is 198 g/mol. The van der Waals surface area contributed by atoms with Gasteiger partial charge in [0.25, 0.3) is 0 Å². The Balaban J connectivity index is 2.68. The lowest BCUT2D eigenvalue weighted by atomic mass is 9.90. The van der Waals surface area contributed by atoms with E-state index in [-0.39, 0.29) is 0 Å². The molecule has 0 saturated carbocycles. The van der Waals surface area contributed by atoms with E-state index >= 15 is 0 Å². The highest BCUT2D eigenvalue weighted by molar-refractivity contribution is 5.44. The first-order valence-electron chi connectivity index (χ1n) is 5.82. The van der Waals surface area contributed by atoms with Crippen LogP contribution in [-0.4, -0.2) is 5.94 Å². The summed E-state index contributed by atoms with van der Waals surface area (Å²) in [5.41, 5.74) is 7.78. The van der Waals surface area contributed by atoms with Gasteiger partial charge in [0.1, 0.15) is 5.94 Å². The van der Waals surface area contributed by atoms with E-state index in [2.05, 4.69) is 19.1 Å². The van der Waals surface area contributed by atoms with Crippen molar-refractivity contribution in [1.82, 2.24) is 0 Å². The maximum Gasteiger partial charge on any atom is 0.120 e. The van der Waals surface area contributed by atoms with Gasteiger partial charge in [-0.15, -0.1) is 0 Å². The number of benzene rings is 1. The van der Waals surface area contributed by atoms with Crippen LogP contribution in [0.3, 0.4) is 0 Å². The van der Waals surface area contributed by atoms with Gasteiger partial charge < -0.3 is 5.73 Å². The molecule has 16 heavy (non-hydrogen) atoms. The first-order chi connectivity index (χ1) is 7.77. The highest BCUT2D eigenvalue weighted by atomic mass is 16.1. The molecule has 0 bridgehead atoms. The highest BCUT2D eigenvalue weighted by Crippen LogP contribution is 2.26. The van der Waals surface area contributed by atoms with Gasteiger partial charge in [0, 0.05) is 5.69 Å². The SMILES string of the molecule is CCCC(CCC=C=O)c1ccc(N)cc1. The Hall–Kier alpha value is -1.53. The van der Waals surface area contributed by atoms with Crippen LogP contribution in [0.4, 0.5) is 5.69 Å². The summed E-state index contributed by atoms with van der Waals surface area (Å²) in [5, 5.41) is 0. The van der Waals surface area contributed by atoms with Gasteiger partial charge in [0.05, 0.1) is 0 Å². The Bertz CT molecular complexity index is 350. The molecule has 0 heterocycles. The van der Waals surface area contributed by atoms with Gasteiger partial charge in [0.2, 0.25) is 0 Å². The third kappa shape index (κ3) is 3.92. The van der Waals surface area contributed by atoms with Crippen molar-refractivity contribution in [1.29, 1.82) is 0 Å². The summed E-state index contributed by atoms with van der Waals surface area (Å²) in [5.74, 6) is 2.35. The van der Waals surface area contributed by atoms with Crippen molar-refractivity contribution in [3.63, 3.8) is 0 Å². The number of allylic oxidation sites excluding steroid dienone is 1. The molecule has 1 unspecified atom stereocenters. The van der Waals surface area contributed by atoms with Crippen molar-refractivity contribution in [3.8, 4) is 0 Å². The molecule has 0 amide bonds. The molecule has 0 saturated heterocycles. The van der Waals surface area contributed by atoms with Crippen molar-refractivity contribution in [2.75, 3.05) is 5.73 Å². The van der Waals surface area contributed by atoms with Crippen LogP contribution in [0.15, 0.2) is 30.3 Å². The van der Waals surface area contributed by atoms with Gasteiger partial charge in [-0.3, -0.25) is 0 Å². The van der Waals surface area contributed by atoms with Crippen molar-refractivity contribution in [2.24, 2.45) is 0 Å². The van der Waals surface area contributed by atoms with Crippen LogP contribution in [0.5, 0.6) is 0 Å². The number of rotatable bonds is 6. The van der Waals surface area contributed by atoms with E-state index in [1.165, 1.54) is 5.56 Å². The minimum absolute atomic E-state index is 0.523. The summed E-state index contributed by atoms with van der Waals surface area (Å²) in [7, 11) is 0. The van der Waals surface area contributed by atoms with Crippen LogP contribution in [0.1, 0.15) is 44.1 Å². The maximum absolute atomic E-state index is 10.1. The van der Waals surface area contributed by atoms with E-state index in [0.717, 1.165) is 31.4 Å². The second kappa shape index (κ2) is 6.86. The average molecular weight is 217 g/mol. The third-order valence-electron chi connectivity index (χ3n) is 2.79. The molecule has 1 aromatic carbocycles. The minimum atomic E-state index is 0.523. The molecule has 1 aromatic rings. The minimum Gasteiger partial charge on any atom is -0.399 e. The summed E-state index contributed by atoms with van der Waals surface area (Å²) in [6.07, 6.45) is 5.68. The molecule has 0 aliphatic carbocycles. The number of anilines is 1. The Morgan fingerprint density at radius 2 is 2.00 bits per heavy atom. The van der Waals surface area contributed by atoms with Crippen LogP contribution in [0.25, 0.3) is 0 Å². The van der Waals surface area contributed by atoms with Crippen LogP contribution in [0.2, 0.25) is 0 Å². The van der Waals surface area contributed by atoms with E-state index in [4.69, 9.17) is 5.73 Å². The molecule has 1 atom stereocenters. The van der Waals surface area contributed by atoms with Crippen LogP contribution in [-0.2, 0) is 4.79 Å². The normalized spacial score (nSPS) is 11.8. The highest BCUT2D eigenvalue weighted by Gasteiger charge is 2.09. The second-order valence-electron chi connectivity index (χ2n) is 4.05. The molecule has 2 N–H and O–H groups in total. The Kier molecular flexibility index (Phi) is 5.38. The molecule has 1 rings (SSSR count). The molecule has 86 valence electrons. The van der Waals surface area contributed by atoms with Crippen molar-refractivity contribution in [2.45, 2.75) is 38.5 Å². The standard InChI is InChI=1S/C14H19NO/c1-2-5-12(6-3-4-11-16)13-7-9-14(15)10-8-13/h4,7-10,12H,2-3,5-6,15H2,1H3. The zero-order valence-corrected chi connectivity index (χ0v) is 9.78. The zero-order chi connectivity index (χ0) is 11.8. The fourth-order valence-electron chi connectivity index (χ4n) is 1.94. The smallest absolute Gasteiger partial charge is 0.120 e. The molecule has 0 aromatic heterocycles. The Morgan fingerprint density at radius 3 is 2.56 bits per heavy atom. The molecular formula is C14H19NO. The summed E-state index contributed by atoms with van der Waals surface area (Å²) < 4.78 is 0. The Labute approximate surface area is 97.2 Å². The van der Waals surface area contributed by atoms with Gasteiger partial charge in [0.15, 0.2) is 0 Å². The number of carbonyl (C=O) groups excluding carboxylic acids is 1. The van der Waals surface area contributed by atoms with E-state index in [1.54, 1.807) is 6.08 Å². The molecule has 0 aliphatic rings. The zero-order valence-electron chi connectivity index (χ0n) is 9.78. The maximum atomic E-state index is 10.1. The van der Waals surface area contributed by atoms with Gasteiger partial charge in [-0.1, -0.05) is 25.5 Å². The first kappa shape index (κ1) is 12.5.